The standard InChI is InChI=1S/C23H30N2O3.2ClH/c1-27-23-8-3-2-7-22(23)25-13-11-24(12-14-25)16-20(26)17-28-21-10-9-18-5-4-6-19(18)15-21;;/h2-3,7-10,15,20,26H,4-6,11-14,16-17H2,1H3;2*1H. The van der Waals surface area contributed by atoms with Gasteiger partial charge in [0.15, 0.2) is 0 Å². The van der Waals surface area contributed by atoms with Crippen LogP contribution in [-0.2, 0) is 12.8 Å². The smallest absolute Gasteiger partial charge is 0.142 e. The number of hydrogen-bond acceptors (Lipinski definition) is 5. The van der Waals surface area contributed by atoms with Crippen LogP contribution in [0.4, 0.5) is 5.69 Å². The fourth-order valence-corrected chi connectivity index (χ4v) is 4.24. The third-order valence-corrected chi connectivity index (χ3v) is 5.78. The summed E-state index contributed by atoms with van der Waals surface area (Å²) in [5.41, 5.74) is 3.99. The molecule has 1 N–H and O–H groups in total. The number of methoxy groups -OCH3 is 1. The Kier molecular flexibility index (Phi) is 9.56. The molecule has 166 valence electrons. The van der Waals surface area contributed by atoms with Gasteiger partial charge in [0.05, 0.1) is 12.8 Å². The van der Waals surface area contributed by atoms with E-state index in [9.17, 15) is 5.11 Å². The van der Waals surface area contributed by atoms with Crippen molar-refractivity contribution in [3.8, 4) is 11.5 Å². The van der Waals surface area contributed by atoms with Gasteiger partial charge in [-0.3, -0.25) is 4.90 Å². The third kappa shape index (κ3) is 5.94. The Bertz CT molecular complexity index is 798. The first-order valence-electron chi connectivity index (χ1n) is 10.3. The summed E-state index contributed by atoms with van der Waals surface area (Å²) < 4.78 is 11.3. The molecule has 1 saturated heterocycles. The molecule has 2 aromatic carbocycles. The summed E-state index contributed by atoms with van der Waals surface area (Å²) >= 11 is 0. The summed E-state index contributed by atoms with van der Waals surface area (Å²) in [5, 5.41) is 10.4. The Morgan fingerprint density at radius 1 is 0.967 bits per heavy atom. The highest BCUT2D eigenvalue weighted by atomic mass is 35.5. The number of aliphatic hydroxyl groups excluding tert-OH is 1. The SMILES string of the molecule is COc1ccccc1N1CCN(CC(O)COc2ccc3c(c2)CCC3)CC1.Cl.Cl. The first kappa shape index (κ1) is 24.6. The van der Waals surface area contributed by atoms with Crippen LogP contribution in [0.2, 0.25) is 0 Å². The van der Waals surface area contributed by atoms with Crippen LogP contribution in [0.1, 0.15) is 17.5 Å². The van der Waals surface area contributed by atoms with Crippen molar-refractivity contribution in [3.63, 3.8) is 0 Å². The Morgan fingerprint density at radius 2 is 1.70 bits per heavy atom. The Labute approximate surface area is 191 Å². The highest BCUT2D eigenvalue weighted by Crippen LogP contribution is 2.28. The number of fused-ring (bicyclic) bond motifs is 1. The van der Waals surface area contributed by atoms with E-state index in [1.54, 1.807) is 7.11 Å². The molecule has 1 aliphatic heterocycles. The summed E-state index contributed by atoms with van der Waals surface area (Å²) in [4.78, 5) is 4.66. The van der Waals surface area contributed by atoms with Gasteiger partial charge in [-0.2, -0.15) is 0 Å². The lowest BCUT2D eigenvalue weighted by atomic mass is 10.1. The Hall–Kier alpha value is -1.66. The number of aliphatic hydroxyl groups is 1. The maximum Gasteiger partial charge on any atom is 0.142 e. The molecule has 0 spiro atoms. The predicted molar refractivity (Wildman–Crippen MR) is 126 cm³/mol. The van der Waals surface area contributed by atoms with Crippen LogP contribution < -0.4 is 14.4 Å². The molecule has 30 heavy (non-hydrogen) atoms. The van der Waals surface area contributed by atoms with Crippen molar-refractivity contribution in [2.45, 2.75) is 25.4 Å². The van der Waals surface area contributed by atoms with Crippen molar-refractivity contribution in [2.24, 2.45) is 0 Å². The maximum atomic E-state index is 10.4. The van der Waals surface area contributed by atoms with Crippen molar-refractivity contribution in [3.05, 3.63) is 53.6 Å². The molecule has 0 bridgehead atoms. The van der Waals surface area contributed by atoms with E-state index in [0.29, 0.717) is 13.2 Å². The predicted octanol–water partition coefficient (Wildman–Crippen LogP) is 3.59. The summed E-state index contributed by atoms with van der Waals surface area (Å²) in [7, 11) is 1.71. The van der Waals surface area contributed by atoms with Gasteiger partial charge in [-0.15, -0.1) is 24.8 Å². The number of β-amino-alcohol motifs (C(OH)–C–C–N with tert-alkyl or cyclic N) is 1. The van der Waals surface area contributed by atoms with E-state index in [0.717, 1.165) is 49.8 Å². The molecular formula is C23H32Cl2N2O3. The molecule has 0 amide bonds. The van der Waals surface area contributed by atoms with Gasteiger partial charge in [0.25, 0.3) is 0 Å². The van der Waals surface area contributed by atoms with Gasteiger partial charge in [-0.25, -0.2) is 0 Å². The highest BCUT2D eigenvalue weighted by Gasteiger charge is 2.21. The maximum absolute atomic E-state index is 10.4. The number of nitrogens with zero attached hydrogens (tertiary/aromatic N) is 2. The average Bonchev–Trinajstić information content (AvgIpc) is 3.21. The first-order chi connectivity index (χ1) is 13.7. The van der Waals surface area contributed by atoms with Gasteiger partial charge in [0.2, 0.25) is 0 Å². The highest BCUT2D eigenvalue weighted by molar-refractivity contribution is 5.85. The normalized spacial score (nSPS) is 16.8. The molecule has 1 heterocycles. The zero-order chi connectivity index (χ0) is 19.3. The lowest BCUT2D eigenvalue weighted by Gasteiger charge is -2.37. The fraction of sp³-hybridized carbons (Fsp3) is 0.478. The monoisotopic (exact) mass is 454 g/mol. The number of para-hydroxylation sites is 2. The second-order valence-corrected chi connectivity index (χ2v) is 7.71. The van der Waals surface area contributed by atoms with Crippen LogP contribution in [-0.4, -0.2) is 62.6 Å². The van der Waals surface area contributed by atoms with E-state index in [2.05, 4.69) is 28.0 Å². The molecular weight excluding hydrogens is 423 g/mol. The molecule has 5 nitrogen and oxygen atoms in total. The van der Waals surface area contributed by atoms with Crippen LogP contribution in [0.25, 0.3) is 0 Å². The molecule has 1 aliphatic carbocycles. The molecule has 2 aliphatic rings. The molecule has 1 atom stereocenters. The molecule has 4 rings (SSSR count). The summed E-state index contributed by atoms with van der Waals surface area (Å²) in [6.07, 6.45) is 3.08. The van der Waals surface area contributed by atoms with Gasteiger partial charge < -0.3 is 19.5 Å². The molecule has 2 aromatic rings. The van der Waals surface area contributed by atoms with E-state index in [-0.39, 0.29) is 24.8 Å². The summed E-state index contributed by atoms with van der Waals surface area (Å²) in [6.45, 7) is 4.69. The van der Waals surface area contributed by atoms with Gasteiger partial charge in [0.1, 0.15) is 24.2 Å². The van der Waals surface area contributed by atoms with Gasteiger partial charge in [0, 0.05) is 32.7 Å². The van der Waals surface area contributed by atoms with Crippen LogP contribution >= 0.6 is 24.8 Å². The van der Waals surface area contributed by atoms with E-state index in [1.165, 1.54) is 24.0 Å². The zero-order valence-electron chi connectivity index (χ0n) is 17.5. The molecule has 7 heteroatoms. The minimum absolute atomic E-state index is 0. The molecule has 1 unspecified atom stereocenters. The first-order valence-corrected chi connectivity index (χ1v) is 10.3. The minimum atomic E-state index is -0.480. The second-order valence-electron chi connectivity index (χ2n) is 7.71. The van der Waals surface area contributed by atoms with Crippen LogP contribution in [0.5, 0.6) is 11.5 Å². The van der Waals surface area contributed by atoms with Crippen molar-refractivity contribution >= 4 is 30.5 Å². The van der Waals surface area contributed by atoms with Gasteiger partial charge in [-0.1, -0.05) is 18.2 Å². The zero-order valence-corrected chi connectivity index (χ0v) is 19.1. The average molecular weight is 455 g/mol. The van der Waals surface area contributed by atoms with E-state index < -0.39 is 6.10 Å². The second kappa shape index (κ2) is 11.7. The lowest BCUT2D eigenvalue weighted by Crippen LogP contribution is -2.49. The van der Waals surface area contributed by atoms with Crippen molar-refractivity contribution < 1.29 is 14.6 Å². The number of benzene rings is 2. The van der Waals surface area contributed by atoms with Gasteiger partial charge in [-0.05, 0) is 54.7 Å². The Morgan fingerprint density at radius 3 is 2.47 bits per heavy atom. The number of hydrogen-bond donors (Lipinski definition) is 1. The number of aryl methyl sites for hydroxylation is 2. The van der Waals surface area contributed by atoms with E-state index in [1.807, 2.05) is 24.3 Å². The number of rotatable bonds is 7. The van der Waals surface area contributed by atoms with Gasteiger partial charge >= 0.3 is 0 Å². The molecule has 1 fully saturated rings. The van der Waals surface area contributed by atoms with Crippen molar-refractivity contribution in [1.29, 1.82) is 0 Å². The number of piperazine rings is 1. The number of anilines is 1. The van der Waals surface area contributed by atoms with Crippen molar-refractivity contribution in [2.75, 3.05) is 51.3 Å². The number of halogens is 2. The van der Waals surface area contributed by atoms with E-state index in [4.69, 9.17) is 9.47 Å². The summed E-state index contributed by atoms with van der Waals surface area (Å²) in [6, 6.07) is 14.5. The number of ether oxygens (including phenoxy) is 2. The fourth-order valence-electron chi connectivity index (χ4n) is 4.24. The van der Waals surface area contributed by atoms with Crippen LogP contribution in [0.3, 0.4) is 0 Å². The lowest BCUT2D eigenvalue weighted by molar-refractivity contribution is 0.0662. The third-order valence-electron chi connectivity index (χ3n) is 5.78. The van der Waals surface area contributed by atoms with E-state index >= 15 is 0 Å². The molecule has 0 aromatic heterocycles. The Balaban J connectivity index is 0.00000160. The topological polar surface area (TPSA) is 45.2 Å². The minimum Gasteiger partial charge on any atom is -0.495 e. The van der Waals surface area contributed by atoms with Crippen LogP contribution in [0, 0.1) is 0 Å². The molecule has 0 saturated carbocycles. The van der Waals surface area contributed by atoms with Crippen LogP contribution in [0.15, 0.2) is 42.5 Å². The summed E-state index contributed by atoms with van der Waals surface area (Å²) in [5.74, 6) is 1.79. The molecule has 0 radical (unpaired) electrons. The van der Waals surface area contributed by atoms with Crippen molar-refractivity contribution in [1.82, 2.24) is 4.90 Å². The quantitative estimate of drug-likeness (QED) is 0.692. The largest absolute Gasteiger partial charge is 0.495 e.